The Bertz CT molecular complexity index is 584. The van der Waals surface area contributed by atoms with E-state index in [0.717, 1.165) is 13.6 Å². The number of nitrogens with one attached hydrogen (secondary N) is 1. The number of aryl methyl sites for hydroxylation is 1. The molecule has 0 aliphatic heterocycles. The highest BCUT2D eigenvalue weighted by atomic mass is 127. The Hall–Kier alpha value is -0.950. The lowest BCUT2D eigenvalue weighted by atomic mass is 10.1. The molecule has 92 valence electrons. The first-order valence-corrected chi connectivity index (χ1v) is 7.12. The lowest BCUT2D eigenvalue weighted by molar-refractivity contribution is 0.102. The van der Waals surface area contributed by atoms with Crippen LogP contribution in [0.2, 0.25) is 0 Å². The second-order valence-electron chi connectivity index (χ2n) is 3.80. The number of pyridine rings is 1. The van der Waals surface area contributed by atoms with E-state index < -0.39 is 0 Å². The Labute approximate surface area is 127 Å². The molecular formula is C13H10BrIN2O. The monoisotopic (exact) mass is 416 g/mol. The predicted molar refractivity (Wildman–Crippen MR) is 83.8 cm³/mol. The Balaban J connectivity index is 2.19. The summed E-state index contributed by atoms with van der Waals surface area (Å²) in [6.45, 7) is 1.98. The van der Waals surface area contributed by atoms with Gasteiger partial charge in [-0.25, -0.2) is 4.98 Å². The Morgan fingerprint density at radius 1 is 1.33 bits per heavy atom. The molecule has 0 spiro atoms. The molecule has 1 amide bonds. The minimum Gasteiger partial charge on any atom is -0.307 e. The number of benzene rings is 1. The van der Waals surface area contributed by atoms with Gasteiger partial charge in [-0.1, -0.05) is 6.07 Å². The lowest BCUT2D eigenvalue weighted by Crippen LogP contribution is -2.13. The molecule has 5 heteroatoms. The summed E-state index contributed by atoms with van der Waals surface area (Å²) < 4.78 is 1.81. The van der Waals surface area contributed by atoms with Gasteiger partial charge in [-0.3, -0.25) is 4.79 Å². The van der Waals surface area contributed by atoms with Gasteiger partial charge in [-0.15, -0.1) is 0 Å². The normalized spacial score (nSPS) is 10.2. The molecule has 0 atom stereocenters. The number of hydrogen-bond donors (Lipinski definition) is 1. The van der Waals surface area contributed by atoms with Gasteiger partial charge in [0.15, 0.2) is 0 Å². The largest absolute Gasteiger partial charge is 0.307 e. The molecule has 0 unspecified atom stereocenters. The quantitative estimate of drug-likeness (QED) is 0.751. The summed E-state index contributed by atoms with van der Waals surface area (Å²) in [5.74, 6) is 0.378. The Kier molecular flexibility index (Phi) is 4.34. The van der Waals surface area contributed by atoms with Crippen LogP contribution in [0.5, 0.6) is 0 Å². The van der Waals surface area contributed by atoms with Gasteiger partial charge in [0.25, 0.3) is 5.91 Å². The standard InChI is InChI=1S/C13H10BrIN2O/c1-8-2-4-10(11(14)6-8)13(18)17-12-5-3-9(15)7-16-12/h2-7H,1H3,(H,16,17,18). The van der Waals surface area contributed by atoms with Gasteiger partial charge in [0.05, 0.1) is 5.56 Å². The van der Waals surface area contributed by atoms with E-state index in [1.54, 1.807) is 18.3 Å². The fourth-order valence-corrected chi connectivity index (χ4v) is 2.43. The average Bonchev–Trinajstić information content (AvgIpc) is 2.32. The minimum absolute atomic E-state index is 0.171. The highest BCUT2D eigenvalue weighted by molar-refractivity contribution is 14.1. The van der Waals surface area contributed by atoms with Crippen molar-refractivity contribution in [1.82, 2.24) is 4.98 Å². The first-order chi connectivity index (χ1) is 8.56. The maximum atomic E-state index is 12.0. The van der Waals surface area contributed by atoms with Crippen molar-refractivity contribution in [3.05, 3.63) is 55.7 Å². The average molecular weight is 417 g/mol. The summed E-state index contributed by atoms with van der Waals surface area (Å²) in [6, 6.07) is 9.29. The number of aromatic nitrogens is 1. The molecule has 2 rings (SSSR count). The number of anilines is 1. The third-order valence-electron chi connectivity index (χ3n) is 2.34. The van der Waals surface area contributed by atoms with Crippen LogP contribution in [0, 0.1) is 10.5 Å². The number of carbonyl (C=O) groups is 1. The van der Waals surface area contributed by atoms with E-state index in [2.05, 4.69) is 48.8 Å². The van der Waals surface area contributed by atoms with Crippen LogP contribution in [0.15, 0.2) is 41.0 Å². The molecule has 1 heterocycles. The van der Waals surface area contributed by atoms with Gasteiger partial charge >= 0.3 is 0 Å². The zero-order valence-electron chi connectivity index (χ0n) is 9.58. The van der Waals surface area contributed by atoms with Gasteiger partial charge in [0.2, 0.25) is 0 Å². The summed E-state index contributed by atoms with van der Waals surface area (Å²) >= 11 is 5.56. The fourth-order valence-electron chi connectivity index (χ4n) is 1.44. The SMILES string of the molecule is Cc1ccc(C(=O)Nc2ccc(I)cn2)c(Br)c1. The van der Waals surface area contributed by atoms with Crippen LogP contribution < -0.4 is 5.32 Å². The second-order valence-corrected chi connectivity index (χ2v) is 5.90. The van der Waals surface area contributed by atoms with Crippen molar-refractivity contribution in [3.8, 4) is 0 Å². The predicted octanol–water partition coefficient (Wildman–Crippen LogP) is 4.01. The van der Waals surface area contributed by atoms with E-state index in [9.17, 15) is 4.79 Å². The molecule has 0 saturated heterocycles. The molecule has 1 aromatic carbocycles. The van der Waals surface area contributed by atoms with E-state index in [0.29, 0.717) is 11.4 Å². The van der Waals surface area contributed by atoms with Crippen molar-refractivity contribution in [3.63, 3.8) is 0 Å². The van der Waals surface area contributed by atoms with Crippen LogP contribution in [-0.4, -0.2) is 10.9 Å². The van der Waals surface area contributed by atoms with Crippen LogP contribution in [0.1, 0.15) is 15.9 Å². The molecule has 1 aromatic heterocycles. The summed E-state index contributed by atoms with van der Waals surface area (Å²) in [5, 5.41) is 2.76. The van der Waals surface area contributed by atoms with E-state index in [4.69, 9.17) is 0 Å². The Morgan fingerprint density at radius 2 is 2.11 bits per heavy atom. The molecule has 2 aromatic rings. The molecule has 0 radical (unpaired) electrons. The molecule has 0 aliphatic rings. The highest BCUT2D eigenvalue weighted by Gasteiger charge is 2.10. The summed E-state index contributed by atoms with van der Waals surface area (Å²) in [7, 11) is 0. The number of rotatable bonds is 2. The van der Waals surface area contributed by atoms with Gasteiger partial charge in [0, 0.05) is 14.2 Å². The summed E-state index contributed by atoms with van der Waals surface area (Å²) in [5.41, 5.74) is 1.70. The van der Waals surface area contributed by atoms with Crippen LogP contribution in [0.3, 0.4) is 0 Å². The van der Waals surface area contributed by atoms with Crippen molar-refractivity contribution in [2.24, 2.45) is 0 Å². The number of halogens is 2. The number of nitrogens with zero attached hydrogens (tertiary/aromatic N) is 1. The molecule has 3 nitrogen and oxygen atoms in total. The van der Waals surface area contributed by atoms with E-state index in [1.165, 1.54) is 0 Å². The smallest absolute Gasteiger partial charge is 0.257 e. The van der Waals surface area contributed by atoms with E-state index in [-0.39, 0.29) is 5.91 Å². The zero-order chi connectivity index (χ0) is 13.1. The Morgan fingerprint density at radius 3 is 2.72 bits per heavy atom. The van der Waals surface area contributed by atoms with Crippen molar-refractivity contribution in [1.29, 1.82) is 0 Å². The van der Waals surface area contributed by atoms with Crippen molar-refractivity contribution in [2.75, 3.05) is 5.32 Å². The molecule has 1 N–H and O–H groups in total. The maximum absolute atomic E-state index is 12.0. The third kappa shape index (κ3) is 3.29. The topological polar surface area (TPSA) is 42.0 Å². The second kappa shape index (κ2) is 5.79. The van der Waals surface area contributed by atoms with E-state index >= 15 is 0 Å². The molecule has 18 heavy (non-hydrogen) atoms. The van der Waals surface area contributed by atoms with E-state index in [1.807, 2.05) is 25.1 Å². The summed E-state index contributed by atoms with van der Waals surface area (Å²) in [6.07, 6.45) is 1.71. The van der Waals surface area contributed by atoms with Crippen molar-refractivity contribution in [2.45, 2.75) is 6.92 Å². The minimum atomic E-state index is -0.171. The highest BCUT2D eigenvalue weighted by Crippen LogP contribution is 2.19. The van der Waals surface area contributed by atoms with Crippen LogP contribution >= 0.6 is 38.5 Å². The first kappa shape index (κ1) is 13.5. The molecule has 0 fully saturated rings. The number of hydrogen-bond acceptors (Lipinski definition) is 2. The maximum Gasteiger partial charge on any atom is 0.257 e. The molecule has 0 aliphatic carbocycles. The van der Waals surface area contributed by atoms with Gasteiger partial charge in [-0.2, -0.15) is 0 Å². The number of carbonyl (C=O) groups excluding carboxylic acids is 1. The van der Waals surface area contributed by atoms with Crippen molar-refractivity contribution < 1.29 is 4.79 Å². The zero-order valence-corrected chi connectivity index (χ0v) is 13.3. The fraction of sp³-hybridized carbons (Fsp3) is 0.0769. The molecule has 0 saturated carbocycles. The van der Waals surface area contributed by atoms with Crippen LogP contribution in [0.25, 0.3) is 0 Å². The first-order valence-electron chi connectivity index (χ1n) is 5.25. The number of amides is 1. The summed E-state index contributed by atoms with van der Waals surface area (Å²) in [4.78, 5) is 16.2. The third-order valence-corrected chi connectivity index (χ3v) is 3.63. The lowest BCUT2D eigenvalue weighted by Gasteiger charge is -2.06. The molecular weight excluding hydrogens is 407 g/mol. The van der Waals surface area contributed by atoms with Gasteiger partial charge < -0.3 is 5.32 Å². The van der Waals surface area contributed by atoms with Gasteiger partial charge in [-0.05, 0) is 75.3 Å². The molecule has 0 bridgehead atoms. The van der Waals surface area contributed by atoms with Crippen molar-refractivity contribution >= 4 is 50.2 Å². The van der Waals surface area contributed by atoms with Gasteiger partial charge in [0.1, 0.15) is 5.82 Å². The van der Waals surface area contributed by atoms with Crippen LogP contribution in [-0.2, 0) is 0 Å². The van der Waals surface area contributed by atoms with Crippen LogP contribution in [0.4, 0.5) is 5.82 Å².